The Kier molecular flexibility index (Phi) is 7.32. The number of pyridine rings is 1. The van der Waals surface area contributed by atoms with E-state index in [-0.39, 0.29) is 24.2 Å². The van der Waals surface area contributed by atoms with Crippen molar-refractivity contribution in [2.75, 3.05) is 19.6 Å². The first-order valence-corrected chi connectivity index (χ1v) is 11.0. The van der Waals surface area contributed by atoms with Gasteiger partial charge in [-0.25, -0.2) is 4.98 Å². The van der Waals surface area contributed by atoms with E-state index >= 15 is 0 Å². The summed E-state index contributed by atoms with van der Waals surface area (Å²) >= 11 is 1.53. The average molecular weight is 419 g/mol. The predicted octanol–water partition coefficient (Wildman–Crippen LogP) is 3.21. The number of hydrogen-bond acceptors (Lipinski definition) is 7. The number of aromatic nitrogens is 2. The lowest BCUT2D eigenvalue weighted by molar-refractivity contribution is -0.0778. The molecule has 0 aliphatic carbocycles. The molecule has 0 aromatic carbocycles. The highest BCUT2D eigenvalue weighted by molar-refractivity contribution is 7.98. The zero-order chi connectivity index (χ0) is 21.0. The van der Waals surface area contributed by atoms with Crippen LogP contribution in [0.5, 0.6) is 0 Å². The molecular formula is C21H30N4O3S. The molecule has 2 aromatic heterocycles. The molecule has 3 unspecified atom stereocenters. The van der Waals surface area contributed by atoms with Crippen LogP contribution in [-0.2, 0) is 10.5 Å². The van der Waals surface area contributed by atoms with E-state index in [1.807, 2.05) is 19.9 Å². The van der Waals surface area contributed by atoms with Gasteiger partial charge in [0, 0.05) is 43.2 Å². The van der Waals surface area contributed by atoms with Crippen LogP contribution in [-0.4, -0.2) is 58.8 Å². The highest BCUT2D eigenvalue weighted by Crippen LogP contribution is 2.27. The topological polar surface area (TPSA) is 80.5 Å². The molecule has 1 aliphatic rings. The van der Waals surface area contributed by atoms with Gasteiger partial charge in [-0.1, -0.05) is 5.16 Å². The molecule has 8 heteroatoms. The number of morpholine rings is 1. The number of carbonyl (C=O) groups is 1. The van der Waals surface area contributed by atoms with Crippen molar-refractivity contribution < 1.29 is 14.1 Å². The highest BCUT2D eigenvalue weighted by atomic mass is 32.2. The van der Waals surface area contributed by atoms with Crippen LogP contribution in [0.15, 0.2) is 27.9 Å². The maximum Gasteiger partial charge on any atom is 0.254 e. The number of thioether (sulfide) groups is 1. The van der Waals surface area contributed by atoms with Crippen molar-refractivity contribution in [3.05, 3.63) is 40.9 Å². The van der Waals surface area contributed by atoms with Gasteiger partial charge in [-0.2, -0.15) is 0 Å². The Labute approximate surface area is 176 Å². The van der Waals surface area contributed by atoms with E-state index in [0.29, 0.717) is 22.9 Å². The normalized spacial score (nSPS) is 21.1. The summed E-state index contributed by atoms with van der Waals surface area (Å²) in [4.78, 5) is 19.6. The first-order chi connectivity index (χ1) is 13.8. The maximum atomic E-state index is 12.8. The Morgan fingerprint density at radius 2 is 2.07 bits per heavy atom. The van der Waals surface area contributed by atoms with Crippen molar-refractivity contribution in [2.24, 2.45) is 0 Å². The lowest BCUT2D eigenvalue weighted by atomic mass is 10.1. The molecular weight excluding hydrogens is 388 g/mol. The SMILES string of the molecule is Cc1noc(C)c1CSc1ncccc1C(=O)NCC(C)N1CC(C)OC(C)C1. The van der Waals surface area contributed by atoms with Gasteiger partial charge >= 0.3 is 0 Å². The maximum absolute atomic E-state index is 12.8. The summed E-state index contributed by atoms with van der Waals surface area (Å²) in [6, 6.07) is 3.85. The first-order valence-electron chi connectivity index (χ1n) is 10.0. The van der Waals surface area contributed by atoms with Crippen LogP contribution < -0.4 is 5.32 Å². The number of nitrogens with one attached hydrogen (secondary N) is 1. The minimum absolute atomic E-state index is 0.0967. The smallest absolute Gasteiger partial charge is 0.254 e. The van der Waals surface area contributed by atoms with E-state index in [2.05, 4.69) is 41.1 Å². The number of rotatable bonds is 7. The van der Waals surface area contributed by atoms with Gasteiger partial charge in [0.25, 0.3) is 5.91 Å². The molecule has 7 nitrogen and oxygen atoms in total. The van der Waals surface area contributed by atoms with Crippen LogP contribution in [0.25, 0.3) is 0 Å². The van der Waals surface area contributed by atoms with Crippen LogP contribution in [0.3, 0.4) is 0 Å². The number of hydrogen-bond donors (Lipinski definition) is 1. The first kappa shape index (κ1) is 21.8. The monoisotopic (exact) mass is 418 g/mol. The molecule has 1 saturated heterocycles. The van der Waals surface area contributed by atoms with Crippen LogP contribution in [0.2, 0.25) is 0 Å². The summed E-state index contributed by atoms with van der Waals surface area (Å²) in [7, 11) is 0. The fraction of sp³-hybridized carbons (Fsp3) is 0.571. The van der Waals surface area contributed by atoms with Crippen molar-refractivity contribution in [1.82, 2.24) is 20.4 Å². The van der Waals surface area contributed by atoms with Crippen LogP contribution in [0.1, 0.15) is 48.1 Å². The van der Waals surface area contributed by atoms with E-state index in [0.717, 1.165) is 30.1 Å². The van der Waals surface area contributed by atoms with Crippen molar-refractivity contribution in [1.29, 1.82) is 0 Å². The van der Waals surface area contributed by atoms with Gasteiger partial charge in [0.15, 0.2) is 0 Å². The molecule has 29 heavy (non-hydrogen) atoms. The Morgan fingerprint density at radius 1 is 1.34 bits per heavy atom. The fourth-order valence-electron chi connectivity index (χ4n) is 3.57. The second kappa shape index (κ2) is 9.73. The van der Waals surface area contributed by atoms with Crippen molar-refractivity contribution in [3.8, 4) is 0 Å². The van der Waals surface area contributed by atoms with Gasteiger partial charge in [0.2, 0.25) is 0 Å². The minimum atomic E-state index is -0.0967. The zero-order valence-corrected chi connectivity index (χ0v) is 18.6. The third-order valence-corrected chi connectivity index (χ3v) is 6.21. The summed E-state index contributed by atoms with van der Waals surface area (Å²) < 4.78 is 11.0. The standard InChI is InChI=1S/C21H30N4O3S/c1-13(25-10-14(2)27-15(3)11-25)9-23-20(26)18-7-6-8-22-21(18)29-12-19-16(4)24-28-17(19)5/h6-8,13-15H,9-12H2,1-5H3,(H,23,26). The lowest BCUT2D eigenvalue weighted by Gasteiger charge is -2.39. The molecule has 1 amide bonds. The van der Waals surface area contributed by atoms with Gasteiger partial charge in [0.05, 0.1) is 23.5 Å². The molecule has 1 fully saturated rings. The van der Waals surface area contributed by atoms with Crippen LogP contribution >= 0.6 is 11.8 Å². The van der Waals surface area contributed by atoms with E-state index in [1.165, 1.54) is 11.8 Å². The summed E-state index contributed by atoms with van der Waals surface area (Å²) in [6.45, 7) is 12.5. The number of aryl methyl sites for hydroxylation is 2. The number of carbonyl (C=O) groups excluding carboxylic acids is 1. The van der Waals surface area contributed by atoms with Crippen molar-refractivity contribution >= 4 is 17.7 Å². The lowest BCUT2D eigenvalue weighted by Crippen LogP contribution is -2.52. The molecule has 2 aromatic rings. The largest absolute Gasteiger partial charge is 0.373 e. The minimum Gasteiger partial charge on any atom is -0.373 e. The molecule has 0 saturated carbocycles. The fourth-order valence-corrected chi connectivity index (χ4v) is 4.71. The van der Waals surface area contributed by atoms with Gasteiger partial charge < -0.3 is 14.6 Å². The van der Waals surface area contributed by atoms with E-state index < -0.39 is 0 Å². The Bertz CT molecular complexity index is 812. The Balaban J connectivity index is 1.59. The third kappa shape index (κ3) is 5.58. The van der Waals surface area contributed by atoms with Gasteiger partial charge in [-0.3, -0.25) is 9.69 Å². The third-order valence-electron chi connectivity index (χ3n) is 5.18. The van der Waals surface area contributed by atoms with Gasteiger partial charge in [-0.05, 0) is 46.8 Å². The molecule has 3 heterocycles. The van der Waals surface area contributed by atoms with Crippen molar-refractivity contribution in [2.45, 2.75) is 63.6 Å². The predicted molar refractivity (Wildman–Crippen MR) is 113 cm³/mol. The summed E-state index contributed by atoms with van der Waals surface area (Å²) in [5.41, 5.74) is 2.52. The van der Waals surface area contributed by atoms with Gasteiger partial charge in [0.1, 0.15) is 10.8 Å². The molecule has 0 radical (unpaired) electrons. The molecule has 1 aliphatic heterocycles. The molecule has 1 N–H and O–H groups in total. The van der Waals surface area contributed by atoms with E-state index in [1.54, 1.807) is 12.3 Å². The second-order valence-corrected chi connectivity index (χ2v) is 8.68. The average Bonchev–Trinajstić information content (AvgIpc) is 3.01. The highest BCUT2D eigenvalue weighted by Gasteiger charge is 2.26. The number of nitrogens with zero attached hydrogens (tertiary/aromatic N) is 3. The van der Waals surface area contributed by atoms with E-state index in [4.69, 9.17) is 9.26 Å². The second-order valence-electron chi connectivity index (χ2n) is 7.72. The van der Waals surface area contributed by atoms with Crippen LogP contribution in [0, 0.1) is 13.8 Å². The number of amides is 1. The van der Waals surface area contributed by atoms with E-state index in [9.17, 15) is 4.79 Å². The summed E-state index contributed by atoms with van der Waals surface area (Å²) in [6.07, 6.45) is 2.14. The molecule has 158 valence electrons. The summed E-state index contributed by atoms with van der Waals surface area (Å²) in [5, 5.41) is 7.78. The number of ether oxygens (including phenoxy) is 1. The molecule has 0 spiro atoms. The van der Waals surface area contributed by atoms with Crippen LogP contribution in [0.4, 0.5) is 0 Å². The Morgan fingerprint density at radius 3 is 2.72 bits per heavy atom. The zero-order valence-electron chi connectivity index (χ0n) is 17.8. The Hall–Kier alpha value is -1.90. The molecule has 0 bridgehead atoms. The molecule has 3 rings (SSSR count). The quantitative estimate of drug-likeness (QED) is 0.692. The van der Waals surface area contributed by atoms with Gasteiger partial charge in [-0.15, -0.1) is 11.8 Å². The van der Waals surface area contributed by atoms with Crippen molar-refractivity contribution in [3.63, 3.8) is 0 Å². The summed E-state index contributed by atoms with van der Waals surface area (Å²) in [5.74, 6) is 1.37. The molecule has 3 atom stereocenters.